The molecule has 3 aromatic rings. The Morgan fingerprint density at radius 2 is 2.24 bits per heavy atom. The highest BCUT2D eigenvalue weighted by Gasteiger charge is 2.12. The van der Waals surface area contributed by atoms with Gasteiger partial charge >= 0.3 is 6.09 Å². The number of ether oxygens (including phenoxy) is 1. The van der Waals surface area contributed by atoms with E-state index in [4.69, 9.17) is 22.7 Å². The number of nitrogen functional groups attached to an aromatic ring is 1. The molecule has 0 fully saturated rings. The van der Waals surface area contributed by atoms with Crippen LogP contribution in [0.4, 0.5) is 16.4 Å². The molecule has 9 heteroatoms. The molecule has 0 atom stereocenters. The van der Waals surface area contributed by atoms with Crippen molar-refractivity contribution in [2.45, 2.75) is 6.92 Å². The number of carbonyl (C=O) groups excluding carboxylic acids is 1. The smallest absolute Gasteiger partial charge is 0.412 e. The summed E-state index contributed by atoms with van der Waals surface area (Å²) in [5.41, 5.74) is 8.01. The van der Waals surface area contributed by atoms with Crippen molar-refractivity contribution >= 4 is 47.2 Å². The fraction of sp³-hybridized carbons (Fsp3) is 0.125. The van der Waals surface area contributed by atoms with Gasteiger partial charge in [0.15, 0.2) is 10.6 Å². The molecule has 3 rings (SSSR count). The third-order valence-corrected chi connectivity index (χ3v) is 3.58. The zero-order valence-corrected chi connectivity index (χ0v) is 14.2. The van der Waals surface area contributed by atoms with Crippen molar-refractivity contribution in [1.29, 1.82) is 0 Å². The van der Waals surface area contributed by atoms with E-state index >= 15 is 0 Å². The van der Waals surface area contributed by atoms with Crippen LogP contribution in [0.5, 0.6) is 0 Å². The maximum Gasteiger partial charge on any atom is 0.412 e. The van der Waals surface area contributed by atoms with Gasteiger partial charge in [-0.3, -0.25) is 5.32 Å². The van der Waals surface area contributed by atoms with Gasteiger partial charge in [0.1, 0.15) is 11.3 Å². The molecular formula is C16H16N6O2S. The number of fused-ring (bicyclic) bond motifs is 1. The number of benzene rings is 1. The molecule has 4 N–H and O–H groups in total. The largest absolute Gasteiger partial charge is 0.450 e. The molecule has 0 spiro atoms. The number of hydrogen-bond donors (Lipinski definition) is 3. The Bertz CT molecular complexity index is 993. The van der Waals surface area contributed by atoms with Crippen LogP contribution in [0.3, 0.4) is 0 Å². The quantitative estimate of drug-likeness (QED) is 0.491. The van der Waals surface area contributed by atoms with Crippen LogP contribution in [-0.4, -0.2) is 33.6 Å². The molecule has 25 heavy (non-hydrogen) atoms. The summed E-state index contributed by atoms with van der Waals surface area (Å²) in [4.78, 5) is 18.7. The van der Waals surface area contributed by atoms with Crippen LogP contribution < -0.4 is 11.1 Å². The third-order valence-electron chi connectivity index (χ3n) is 3.31. The molecule has 0 bridgehead atoms. The van der Waals surface area contributed by atoms with Gasteiger partial charge in [0.2, 0.25) is 0 Å². The number of nitrogens with one attached hydrogen (secondary N) is 2. The molecule has 0 saturated carbocycles. The number of rotatable bonds is 4. The van der Waals surface area contributed by atoms with E-state index in [1.165, 1.54) is 4.68 Å². The Morgan fingerprint density at radius 3 is 2.96 bits per heavy atom. The summed E-state index contributed by atoms with van der Waals surface area (Å²) in [5.74, 6) is 0.449. The first-order chi connectivity index (χ1) is 12.1. The lowest BCUT2D eigenvalue weighted by Crippen LogP contribution is -2.14. The van der Waals surface area contributed by atoms with Gasteiger partial charge in [-0.15, -0.1) is 0 Å². The first-order valence-corrected chi connectivity index (χ1v) is 7.93. The van der Waals surface area contributed by atoms with E-state index in [-0.39, 0.29) is 18.2 Å². The highest BCUT2D eigenvalue weighted by Crippen LogP contribution is 2.22. The molecule has 2 heterocycles. The standard InChI is InChI=1S/C16H16N6O2S/c1-2-24-16(23)20-12-8-11-13(14(17)19-12)21-15(25)22(11)18-9-10-6-4-3-5-7-10/h3-9H,2H2,1H3,(H,21,25)(H3,17,19,20,23). The van der Waals surface area contributed by atoms with Crippen molar-refractivity contribution in [3.05, 3.63) is 46.7 Å². The van der Waals surface area contributed by atoms with Crippen LogP contribution in [0.15, 0.2) is 41.5 Å². The second kappa shape index (κ2) is 7.14. The summed E-state index contributed by atoms with van der Waals surface area (Å²) in [6, 6.07) is 11.2. The lowest BCUT2D eigenvalue weighted by atomic mass is 10.2. The molecule has 0 unspecified atom stereocenters. The number of nitrogens with two attached hydrogens (primary N) is 1. The Morgan fingerprint density at radius 1 is 1.48 bits per heavy atom. The minimum absolute atomic E-state index is 0.198. The third kappa shape index (κ3) is 3.66. The molecule has 0 saturated heterocycles. The van der Waals surface area contributed by atoms with Gasteiger partial charge in [-0.2, -0.15) is 5.10 Å². The average molecular weight is 356 g/mol. The monoisotopic (exact) mass is 356 g/mol. The Balaban J connectivity index is 2.02. The number of anilines is 2. The van der Waals surface area contributed by atoms with Crippen molar-refractivity contribution in [3.8, 4) is 0 Å². The number of hydrogen-bond acceptors (Lipinski definition) is 6. The van der Waals surface area contributed by atoms with Crippen LogP contribution >= 0.6 is 12.2 Å². The first kappa shape index (κ1) is 16.7. The molecular weight excluding hydrogens is 340 g/mol. The highest BCUT2D eigenvalue weighted by atomic mass is 32.1. The topological polar surface area (TPSA) is 110 Å². The second-order valence-corrected chi connectivity index (χ2v) is 5.42. The van der Waals surface area contributed by atoms with Crippen molar-refractivity contribution in [2.75, 3.05) is 17.7 Å². The molecule has 0 aliphatic heterocycles. The maximum atomic E-state index is 11.6. The normalized spacial score (nSPS) is 11.1. The van der Waals surface area contributed by atoms with Crippen molar-refractivity contribution < 1.29 is 9.53 Å². The Hall–Kier alpha value is -3.20. The summed E-state index contributed by atoms with van der Waals surface area (Å²) in [7, 11) is 0. The van der Waals surface area contributed by atoms with E-state index in [2.05, 4.69) is 20.4 Å². The number of aromatic nitrogens is 3. The fourth-order valence-electron chi connectivity index (χ4n) is 2.23. The van der Waals surface area contributed by atoms with Crippen LogP contribution in [0.2, 0.25) is 0 Å². The summed E-state index contributed by atoms with van der Waals surface area (Å²) in [6.45, 7) is 1.97. The predicted octanol–water partition coefficient (Wildman–Crippen LogP) is 3.13. The number of pyridine rings is 1. The zero-order chi connectivity index (χ0) is 17.8. The summed E-state index contributed by atoms with van der Waals surface area (Å²) in [6.07, 6.45) is 1.07. The summed E-state index contributed by atoms with van der Waals surface area (Å²) < 4.78 is 6.73. The minimum atomic E-state index is -0.609. The van der Waals surface area contributed by atoms with Gasteiger partial charge in [0.05, 0.1) is 18.3 Å². The number of amides is 1. The van der Waals surface area contributed by atoms with Crippen LogP contribution in [0, 0.1) is 4.77 Å². The fourth-order valence-corrected chi connectivity index (χ4v) is 2.48. The van der Waals surface area contributed by atoms with E-state index in [9.17, 15) is 4.79 Å². The number of imidazole rings is 1. The van der Waals surface area contributed by atoms with Crippen molar-refractivity contribution in [3.63, 3.8) is 0 Å². The summed E-state index contributed by atoms with van der Waals surface area (Å²) >= 11 is 5.30. The Kier molecular flexibility index (Phi) is 4.75. The lowest BCUT2D eigenvalue weighted by molar-refractivity contribution is 0.168. The first-order valence-electron chi connectivity index (χ1n) is 7.53. The zero-order valence-electron chi connectivity index (χ0n) is 13.4. The van der Waals surface area contributed by atoms with Gasteiger partial charge in [-0.05, 0) is 24.7 Å². The average Bonchev–Trinajstić information content (AvgIpc) is 2.90. The molecule has 0 radical (unpaired) electrons. The molecule has 0 aliphatic carbocycles. The van der Waals surface area contributed by atoms with Gasteiger partial charge in [0, 0.05) is 6.07 Å². The minimum Gasteiger partial charge on any atom is -0.450 e. The van der Waals surface area contributed by atoms with Gasteiger partial charge in [0.25, 0.3) is 0 Å². The number of carbonyl (C=O) groups is 1. The SMILES string of the molecule is CCOC(=O)Nc1cc2c([nH]c(=S)n2N=Cc2ccccc2)c(N)n1. The molecule has 2 aromatic heterocycles. The van der Waals surface area contributed by atoms with E-state index in [1.807, 2.05) is 30.3 Å². The van der Waals surface area contributed by atoms with Crippen molar-refractivity contribution in [1.82, 2.24) is 14.6 Å². The molecule has 128 valence electrons. The van der Waals surface area contributed by atoms with E-state index < -0.39 is 6.09 Å². The molecule has 8 nitrogen and oxygen atoms in total. The Labute approximate surface area is 148 Å². The van der Waals surface area contributed by atoms with Gasteiger partial charge in [-0.25, -0.2) is 14.5 Å². The molecule has 1 amide bonds. The van der Waals surface area contributed by atoms with Crippen LogP contribution in [0.1, 0.15) is 12.5 Å². The van der Waals surface area contributed by atoms with Crippen LogP contribution in [-0.2, 0) is 4.74 Å². The number of aromatic amines is 1. The number of nitrogens with zero attached hydrogens (tertiary/aromatic N) is 3. The second-order valence-electron chi connectivity index (χ2n) is 5.03. The van der Waals surface area contributed by atoms with E-state index in [0.29, 0.717) is 15.8 Å². The lowest BCUT2D eigenvalue weighted by Gasteiger charge is -2.06. The van der Waals surface area contributed by atoms with Crippen molar-refractivity contribution in [2.24, 2.45) is 5.10 Å². The van der Waals surface area contributed by atoms with Gasteiger partial charge in [-0.1, -0.05) is 30.3 Å². The van der Waals surface area contributed by atoms with E-state index in [0.717, 1.165) is 5.56 Å². The van der Waals surface area contributed by atoms with Gasteiger partial charge < -0.3 is 15.5 Å². The summed E-state index contributed by atoms with van der Waals surface area (Å²) in [5, 5.41) is 6.91. The molecule has 0 aliphatic rings. The number of H-pyrrole nitrogens is 1. The highest BCUT2D eigenvalue weighted by molar-refractivity contribution is 7.71. The van der Waals surface area contributed by atoms with E-state index in [1.54, 1.807) is 19.2 Å². The predicted molar refractivity (Wildman–Crippen MR) is 99.4 cm³/mol. The molecule has 1 aromatic carbocycles. The maximum absolute atomic E-state index is 11.6. The van der Waals surface area contributed by atoms with Crippen LogP contribution in [0.25, 0.3) is 11.0 Å².